The van der Waals surface area contributed by atoms with Crippen LogP contribution in [0.2, 0.25) is 0 Å². The van der Waals surface area contributed by atoms with Gasteiger partial charge in [0.05, 0.1) is 10.9 Å². The van der Waals surface area contributed by atoms with E-state index in [4.69, 9.17) is 0 Å². The molecule has 0 aliphatic heterocycles. The Morgan fingerprint density at radius 2 is 2.13 bits per heavy atom. The number of nitrogens with zero attached hydrogens (tertiary/aromatic N) is 2. The number of carbonyl (C=O) groups is 1. The molecule has 0 spiro atoms. The Morgan fingerprint density at radius 1 is 1.39 bits per heavy atom. The largest absolute Gasteiger partial charge is 0.343 e. The second-order valence-electron chi connectivity index (χ2n) is 6.47. The third-order valence-electron chi connectivity index (χ3n) is 4.77. The van der Waals surface area contributed by atoms with E-state index in [0.29, 0.717) is 47.9 Å². The van der Waals surface area contributed by atoms with Gasteiger partial charge in [0.25, 0.3) is 5.56 Å². The molecule has 1 aromatic carbocycles. The van der Waals surface area contributed by atoms with Crippen LogP contribution in [0.25, 0.3) is 10.9 Å². The maximum Gasteiger partial charge on any atom is 0.258 e. The number of H-pyrrole nitrogens is 1. The number of fused-ring (bicyclic) bond motifs is 1. The first kappa shape index (κ1) is 15.7. The van der Waals surface area contributed by atoms with Crippen LogP contribution in [-0.4, -0.2) is 33.9 Å². The normalized spacial score (nSPS) is 15.6. The highest BCUT2D eigenvalue weighted by Gasteiger charge is 2.32. The molecule has 1 N–H and O–H groups in total. The topological polar surface area (TPSA) is 66.1 Å². The van der Waals surface area contributed by atoms with Gasteiger partial charge in [-0.2, -0.15) is 0 Å². The molecule has 1 aliphatic carbocycles. The summed E-state index contributed by atoms with van der Waals surface area (Å²) in [6.45, 7) is 2.12. The van der Waals surface area contributed by atoms with Crippen LogP contribution in [0.15, 0.2) is 29.1 Å². The molecule has 1 amide bonds. The number of carbonyl (C=O) groups excluding carboxylic acids is 1. The zero-order valence-corrected chi connectivity index (χ0v) is 13.7. The summed E-state index contributed by atoms with van der Waals surface area (Å²) in [6, 6.07) is 7.64. The van der Waals surface area contributed by atoms with E-state index in [1.165, 1.54) is 12.8 Å². The van der Waals surface area contributed by atoms with E-state index in [0.717, 1.165) is 0 Å². The molecule has 5 nitrogen and oxygen atoms in total. The van der Waals surface area contributed by atoms with Crippen molar-refractivity contribution >= 4 is 16.8 Å². The Hall–Kier alpha value is -2.17. The first-order chi connectivity index (χ1) is 11.1. The van der Waals surface area contributed by atoms with Crippen LogP contribution in [0.3, 0.4) is 0 Å². The van der Waals surface area contributed by atoms with Crippen molar-refractivity contribution in [3.63, 3.8) is 0 Å². The quantitative estimate of drug-likeness (QED) is 0.891. The van der Waals surface area contributed by atoms with E-state index in [1.54, 1.807) is 6.07 Å². The monoisotopic (exact) mass is 313 g/mol. The van der Waals surface area contributed by atoms with Gasteiger partial charge in [-0.05, 0) is 44.2 Å². The van der Waals surface area contributed by atoms with Crippen molar-refractivity contribution in [2.24, 2.45) is 5.92 Å². The lowest BCUT2D eigenvalue weighted by Gasteiger charge is -2.24. The molecule has 0 saturated heterocycles. The van der Waals surface area contributed by atoms with Gasteiger partial charge in [0, 0.05) is 25.9 Å². The number of nitrogens with one attached hydrogen (secondary N) is 1. The molecular formula is C18H23N3O2. The van der Waals surface area contributed by atoms with Gasteiger partial charge in [0.2, 0.25) is 5.91 Å². The van der Waals surface area contributed by atoms with Gasteiger partial charge >= 0.3 is 0 Å². The lowest BCUT2D eigenvalue weighted by molar-refractivity contribution is -0.132. The summed E-state index contributed by atoms with van der Waals surface area (Å²) in [5.74, 6) is 1.51. The average molecular weight is 313 g/mol. The molecule has 1 aromatic heterocycles. The number of hydrogen-bond acceptors (Lipinski definition) is 3. The third-order valence-corrected chi connectivity index (χ3v) is 4.77. The zero-order valence-electron chi connectivity index (χ0n) is 13.7. The first-order valence-electron chi connectivity index (χ1n) is 8.30. The van der Waals surface area contributed by atoms with Gasteiger partial charge in [0.15, 0.2) is 0 Å². The van der Waals surface area contributed by atoms with Crippen molar-refractivity contribution in [3.8, 4) is 0 Å². The van der Waals surface area contributed by atoms with Crippen LogP contribution < -0.4 is 5.56 Å². The molecule has 1 fully saturated rings. The van der Waals surface area contributed by atoms with E-state index in [2.05, 4.69) is 16.9 Å². The van der Waals surface area contributed by atoms with Crippen LogP contribution in [-0.2, 0) is 11.2 Å². The Kier molecular flexibility index (Phi) is 4.46. The lowest BCUT2D eigenvalue weighted by atomic mass is 10.1. The Balaban J connectivity index is 1.58. The Bertz CT molecular complexity index is 764. The van der Waals surface area contributed by atoms with Crippen LogP contribution in [0.5, 0.6) is 0 Å². The highest BCUT2D eigenvalue weighted by molar-refractivity contribution is 5.77. The number of aromatic nitrogens is 2. The molecule has 1 saturated carbocycles. The lowest BCUT2D eigenvalue weighted by Crippen LogP contribution is -2.36. The summed E-state index contributed by atoms with van der Waals surface area (Å²) in [5, 5.41) is 0.602. The number of para-hydroxylation sites is 1. The highest BCUT2D eigenvalue weighted by atomic mass is 16.2. The minimum Gasteiger partial charge on any atom is -0.343 e. The molecule has 2 aromatic rings. The van der Waals surface area contributed by atoms with E-state index >= 15 is 0 Å². The van der Waals surface area contributed by atoms with Gasteiger partial charge < -0.3 is 9.88 Å². The molecule has 1 heterocycles. The summed E-state index contributed by atoms with van der Waals surface area (Å²) in [7, 11) is 1.89. The minimum atomic E-state index is -0.114. The second-order valence-corrected chi connectivity index (χ2v) is 6.47. The fourth-order valence-electron chi connectivity index (χ4n) is 2.96. The SMILES string of the molecule is CC(C1CC1)N(C)C(=O)CCCc1nc2ccccc2c(=O)[nH]1. The van der Waals surface area contributed by atoms with Gasteiger partial charge in [-0.1, -0.05) is 12.1 Å². The van der Waals surface area contributed by atoms with Gasteiger partial charge in [-0.25, -0.2) is 4.98 Å². The Labute approximate surface area is 135 Å². The molecule has 5 heteroatoms. The van der Waals surface area contributed by atoms with Crippen molar-refractivity contribution < 1.29 is 4.79 Å². The predicted octanol–water partition coefficient (Wildman–Crippen LogP) is 2.50. The van der Waals surface area contributed by atoms with Gasteiger partial charge in [-0.15, -0.1) is 0 Å². The molecule has 23 heavy (non-hydrogen) atoms. The number of rotatable bonds is 6. The van der Waals surface area contributed by atoms with Crippen molar-refractivity contribution in [3.05, 3.63) is 40.4 Å². The minimum absolute atomic E-state index is 0.114. The number of aromatic amines is 1. The van der Waals surface area contributed by atoms with Crippen molar-refractivity contribution in [1.82, 2.24) is 14.9 Å². The van der Waals surface area contributed by atoms with Crippen LogP contribution >= 0.6 is 0 Å². The smallest absolute Gasteiger partial charge is 0.258 e. The van der Waals surface area contributed by atoms with E-state index in [-0.39, 0.29) is 11.5 Å². The molecular weight excluding hydrogens is 290 g/mol. The number of amides is 1. The zero-order chi connectivity index (χ0) is 16.4. The molecule has 1 unspecified atom stereocenters. The van der Waals surface area contributed by atoms with Crippen LogP contribution in [0.1, 0.15) is 38.4 Å². The standard InChI is InChI=1S/C18H23N3O2/c1-12(13-10-11-13)21(2)17(22)9-5-8-16-19-15-7-4-3-6-14(15)18(23)20-16/h3-4,6-7,12-13H,5,8-11H2,1-2H3,(H,19,20,23). The molecule has 1 aliphatic rings. The molecule has 3 rings (SSSR count). The van der Waals surface area contributed by atoms with Gasteiger partial charge in [0.1, 0.15) is 5.82 Å². The number of benzene rings is 1. The highest BCUT2D eigenvalue weighted by Crippen LogP contribution is 2.34. The molecule has 0 radical (unpaired) electrons. The van der Waals surface area contributed by atoms with Crippen LogP contribution in [0.4, 0.5) is 0 Å². The second kappa shape index (κ2) is 6.52. The maximum atomic E-state index is 12.2. The van der Waals surface area contributed by atoms with E-state index in [1.807, 2.05) is 30.1 Å². The molecule has 1 atom stereocenters. The first-order valence-corrected chi connectivity index (χ1v) is 8.30. The van der Waals surface area contributed by atoms with Crippen molar-refractivity contribution in [1.29, 1.82) is 0 Å². The summed E-state index contributed by atoms with van der Waals surface area (Å²) < 4.78 is 0. The average Bonchev–Trinajstić information content (AvgIpc) is 3.38. The van der Waals surface area contributed by atoms with Crippen molar-refractivity contribution in [2.45, 2.75) is 45.1 Å². The van der Waals surface area contributed by atoms with Gasteiger partial charge in [-0.3, -0.25) is 9.59 Å². The maximum absolute atomic E-state index is 12.2. The van der Waals surface area contributed by atoms with E-state index < -0.39 is 0 Å². The van der Waals surface area contributed by atoms with E-state index in [9.17, 15) is 9.59 Å². The Morgan fingerprint density at radius 3 is 2.87 bits per heavy atom. The summed E-state index contributed by atoms with van der Waals surface area (Å²) in [5.41, 5.74) is 0.591. The fourth-order valence-corrected chi connectivity index (χ4v) is 2.96. The molecule has 122 valence electrons. The summed E-state index contributed by atoms with van der Waals surface area (Å²) in [6.07, 6.45) is 4.27. The predicted molar refractivity (Wildman–Crippen MR) is 90.3 cm³/mol. The third kappa shape index (κ3) is 3.60. The van der Waals surface area contributed by atoms with Crippen LogP contribution in [0, 0.1) is 5.92 Å². The fraction of sp³-hybridized carbons (Fsp3) is 0.500. The number of aryl methyl sites for hydroxylation is 1. The number of hydrogen-bond donors (Lipinski definition) is 1. The molecule has 0 bridgehead atoms. The summed E-state index contributed by atoms with van der Waals surface area (Å²) in [4.78, 5) is 33.4. The van der Waals surface area contributed by atoms with Crippen molar-refractivity contribution in [2.75, 3.05) is 7.05 Å². The summed E-state index contributed by atoms with van der Waals surface area (Å²) >= 11 is 0.